The lowest BCUT2D eigenvalue weighted by atomic mass is 10.2. The maximum absolute atomic E-state index is 11.1. The third-order valence-corrected chi connectivity index (χ3v) is 4.91. The number of methoxy groups -OCH3 is 2. The molecule has 0 atom stereocenters. The lowest BCUT2D eigenvalue weighted by Crippen LogP contribution is -1.95. The summed E-state index contributed by atoms with van der Waals surface area (Å²) in [5.74, 6) is 1.39. The second kappa shape index (κ2) is 6.65. The zero-order chi connectivity index (χ0) is 19.0. The van der Waals surface area contributed by atoms with E-state index in [9.17, 15) is 10.1 Å². The minimum absolute atomic E-state index is 0.0982. The van der Waals surface area contributed by atoms with E-state index < -0.39 is 4.92 Å². The first-order valence-electron chi connectivity index (χ1n) is 7.81. The van der Waals surface area contributed by atoms with Gasteiger partial charge in [0.05, 0.1) is 24.7 Å². The van der Waals surface area contributed by atoms with Crippen LogP contribution in [-0.2, 0) is 0 Å². The fourth-order valence-corrected chi connectivity index (χ4v) is 3.53. The smallest absolute Gasteiger partial charge is 0.310 e. The SMILES string of the molecule is COc1ccccc1-c1nnc2sc(-c3ccc([N+](=O)[O-])c(OC)c3)nn12. The monoisotopic (exact) mass is 383 g/mol. The van der Waals surface area contributed by atoms with Crippen LogP contribution in [0, 0.1) is 10.1 Å². The van der Waals surface area contributed by atoms with Gasteiger partial charge in [-0.25, -0.2) is 0 Å². The highest BCUT2D eigenvalue weighted by molar-refractivity contribution is 7.19. The van der Waals surface area contributed by atoms with Gasteiger partial charge in [0.1, 0.15) is 10.8 Å². The Balaban J connectivity index is 1.82. The number of ether oxygens (including phenoxy) is 2. The molecule has 2 heterocycles. The van der Waals surface area contributed by atoms with Crippen LogP contribution in [0.25, 0.3) is 26.9 Å². The van der Waals surface area contributed by atoms with Crippen molar-refractivity contribution in [2.45, 2.75) is 0 Å². The summed E-state index contributed by atoms with van der Waals surface area (Å²) < 4.78 is 12.2. The van der Waals surface area contributed by atoms with Gasteiger partial charge in [0.15, 0.2) is 11.6 Å². The molecule has 4 rings (SSSR count). The summed E-state index contributed by atoms with van der Waals surface area (Å²) in [6, 6.07) is 12.1. The number of aromatic nitrogens is 4. The number of fused-ring (bicyclic) bond motifs is 1. The van der Waals surface area contributed by atoms with E-state index in [-0.39, 0.29) is 11.4 Å². The van der Waals surface area contributed by atoms with Gasteiger partial charge in [0, 0.05) is 11.6 Å². The molecule has 0 fully saturated rings. The highest BCUT2D eigenvalue weighted by Crippen LogP contribution is 2.35. The van der Waals surface area contributed by atoms with Gasteiger partial charge in [-0.05, 0) is 24.3 Å². The van der Waals surface area contributed by atoms with Crippen LogP contribution in [-0.4, -0.2) is 39.0 Å². The van der Waals surface area contributed by atoms with E-state index in [0.29, 0.717) is 27.1 Å². The van der Waals surface area contributed by atoms with Crippen LogP contribution in [0.5, 0.6) is 11.5 Å². The maximum Gasteiger partial charge on any atom is 0.310 e. The lowest BCUT2D eigenvalue weighted by molar-refractivity contribution is -0.385. The number of nitro groups is 1. The average molecular weight is 383 g/mol. The summed E-state index contributed by atoms with van der Waals surface area (Å²) in [6.07, 6.45) is 0. The Morgan fingerprint density at radius 2 is 1.85 bits per heavy atom. The third-order valence-electron chi connectivity index (χ3n) is 3.96. The Hall–Kier alpha value is -3.53. The van der Waals surface area contributed by atoms with Gasteiger partial charge in [-0.15, -0.1) is 10.2 Å². The molecule has 27 heavy (non-hydrogen) atoms. The van der Waals surface area contributed by atoms with Crippen molar-refractivity contribution < 1.29 is 14.4 Å². The lowest BCUT2D eigenvalue weighted by Gasteiger charge is -2.05. The number of nitro benzene ring substituents is 1. The molecule has 0 saturated carbocycles. The van der Waals surface area contributed by atoms with Crippen LogP contribution < -0.4 is 9.47 Å². The molecule has 0 amide bonds. The van der Waals surface area contributed by atoms with Crippen molar-refractivity contribution in [3.05, 3.63) is 52.6 Å². The third kappa shape index (κ3) is 2.85. The standard InChI is InChI=1S/C17H13N5O4S/c1-25-13-6-4-3-5-11(13)15-18-19-17-21(15)20-16(27-17)10-7-8-12(22(23)24)14(9-10)26-2/h3-9H,1-2H3. The molecule has 136 valence electrons. The van der Waals surface area contributed by atoms with Gasteiger partial charge in [-0.1, -0.05) is 23.5 Å². The largest absolute Gasteiger partial charge is 0.496 e. The molecule has 0 unspecified atom stereocenters. The summed E-state index contributed by atoms with van der Waals surface area (Å²) in [5.41, 5.74) is 1.36. The molecule has 0 N–H and O–H groups in total. The molecule has 0 radical (unpaired) electrons. The highest BCUT2D eigenvalue weighted by atomic mass is 32.1. The van der Waals surface area contributed by atoms with Crippen LogP contribution in [0.15, 0.2) is 42.5 Å². The Bertz CT molecular complexity index is 1150. The van der Waals surface area contributed by atoms with E-state index >= 15 is 0 Å². The summed E-state index contributed by atoms with van der Waals surface area (Å²) >= 11 is 1.32. The van der Waals surface area contributed by atoms with Crippen LogP contribution in [0.1, 0.15) is 0 Å². The minimum Gasteiger partial charge on any atom is -0.496 e. The first kappa shape index (κ1) is 16.9. The molecule has 0 aliphatic carbocycles. The van der Waals surface area contributed by atoms with E-state index in [0.717, 1.165) is 5.56 Å². The van der Waals surface area contributed by atoms with Gasteiger partial charge >= 0.3 is 5.69 Å². The van der Waals surface area contributed by atoms with Crippen LogP contribution in [0.3, 0.4) is 0 Å². The summed E-state index contributed by atoms with van der Waals surface area (Å²) in [4.78, 5) is 11.2. The van der Waals surface area contributed by atoms with E-state index in [1.54, 1.807) is 23.8 Å². The molecule has 0 aliphatic rings. The fourth-order valence-electron chi connectivity index (χ4n) is 2.69. The molecule has 4 aromatic rings. The molecule has 2 aromatic carbocycles. The number of hydrogen-bond donors (Lipinski definition) is 0. The number of para-hydroxylation sites is 1. The predicted octanol–water partition coefficient (Wildman–Crippen LogP) is 3.45. The zero-order valence-electron chi connectivity index (χ0n) is 14.3. The topological polar surface area (TPSA) is 105 Å². The van der Waals surface area contributed by atoms with Crippen molar-refractivity contribution in [2.75, 3.05) is 14.2 Å². The Labute approximate surface area is 157 Å². The quantitative estimate of drug-likeness (QED) is 0.384. The van der Waals surface area contributed by atoms with Crippen molar-refractivity contribution in [3.63, 3.8) is 0 Å². The molecule has 0 saturated heterocycles. The number of nitrogens with zero attached hydrogens (tertiary/aromatic N) is 5. The molecule has 9 nitrogen and oxygen atoms in total. The van der Waals surface area contributed by atoms with E-state index in [1.807, 2.05) is 24.3 Å². The van der Waals surface area contributed by atoms with Gasteiger partial charge in [0.2, 0.25) is 4.96 Å². The summed E-state index contributed by atoms with van der Waals surface area (Å²) in [7, 11) is 2.98. The average Bonchev–Trinajstić information content (AvgIpc) is 3.28. The van der Waals surface area contributed by atoms with E-state index in [4.69, 9.17) is 9.47 Å². The van der Waals surface area contributed by atoms with Crippen molar-refractivity contribution in [1.82, 2.24) is 19.8 Å². The Kier molecular flexibility index (Phi) is 4.16. The molecule has 10 heteroatoms. The van der Waals surface area contributed by atoms with Gasteiger partial charge in [0.25, 0.3) is 0 Å². The van der Waals surface area contributed by atoms with Crippen molar-refractivity contribution in [1.29, 1.82) is 0 Å². The first-order chi connectivity index (χ1) is 13.1. The molecular formula is C17H13N5O4S. The zero-order valence-corrected chi connectivity index (χ0v) is 15.1. The Morgan fingerprint density at radius 3 is 2.59 bits per heavy atom. The van der Waals surface area contributed by atoms with Crippen LogP contribution >= 0.6 is 11.3 Å². The van der Waals surface area contributed by atoms with Crippen molar-refractivity contribution in [3.8, 4) is 33.5 Å². The fraction of sp³-hybridized carbons (Fsp3) is 0.118. The van der Waals surface area contributed by atoms with Crippen molar-refractivity contribution in [2.24, 2.45) is 0 Å². The molecule has 0 aliphatic heterocycles. The maximum atomic E-state index is 11.1. The molecule has 0 spiro atoms. The van der Waals surface area contributed by atoms with Gasteiger partial charge < -0.3 is 9.47 Å². The summed E-state index contributed by atoms with van der Waals surface area (Å²) in [6.45, 7) is 0. The van der Waals surface area contributed by atoms with E-state index in [2.05, 4.69) is 15.3 Å². The van der Waals surface area contributed by atoms with Gasteiger partial charge in [-0.3, -0.25) is 10.1 Å². The minimum atomic E-state index is -0.485. The number of benzene rings is 2. The molecular weight excluding hydrogens is 370 g/mol. The number of rotatable bonds is 5. The molecule has 0 bridgehead atoms. The van der Waals surface area contributed by atoms with Gasteiger partial charge in [-0.2, -0.15) is 9.61 Å². The summed E-state index contributed by atoms with van der Waals surface area (Å²) in [5, 5.41) is 24.7. The second-order valence-corrected chi connectivity index (χ2v) is 6.43. The molecule has 2 aromatic heterocycles. The van der Waals surface area contributed by atoms with Crippen molar-refractivity contribution >= 4 is 22.0 Å². The first-order valence-corrected chi connectivity index (χ1v) is 8.62. The Morgan fingerprint density at radius 1 is 1.07 bits per heavy atom. The van der Waals surface area contributed by atoms with Crippen LogP contribution in [0.4, 0.5) is 5.69 Å². The van der Waals surface area contributed by atoms with E-state index in [1.165, 1.54) is 24.5 Å². The van der Waals surface area contributed by atoms with Crippen LogP contribution in [0.2, 0.25) is 0 Å². The second-order valence-electron chi connectivity index (χ2n) is 5.47. The predicted molar refractivity (Wildman–Crippen MR) is 99.3 cm³/mol. The normalized spacial score (nSPS) is 10.9. The number of hydrogen-bond acceptors (Lipinski definition) is 8. The highest BCUT2D eigenvalue weighted by Gasteiger charge is 2.20.